The number of benzene rings is 1. The number of hydrogen-bond acceptors (Lipinski definition) is 3. The summed E-state index contributed by atoms with van der Waals surface area (Å²) in [6.07, 6.45) is 1.33. The maximum Gasteiger partial charge on any atom is 0.436 e. The Balaban J connectivity index is 2.19. The van der Waals surface area contributed by atoms with Gasteiger partial charge in [0.1, 0.15) is 5.75 Å². The smallest absolute Gasteiger partial charge is 0.409 e. The highest BCUT2D eigenvalue weighted by Gasteiger charge is 2.02. The van der Waals surface area contributed by atoms with Gasteiger partial charge in [0.15, 0.2) is 0 Å². The number of unbranched alkanes of at least 4 members (excludes halogenated alkanes) is 1. The van der Waals surface area contributed by atoms with E-state index >= 15 is 0 Å². The molecule has 0 fully saturated rings. The van der Waals surface area contributed by atoms with Gasteiger partial charge in [-0.25, -0.2) is 4.79 Å². The largest absolute Gasteiger partial charge is 0.436 e. The van der Waals surface area contributed by atoms with Crippen LogP contribution in [0.5, 0.6) is 5.75 Å². The molecule has 0 bridgehead atoms. The molecule has 0 heterocycles. The molecule has 1 aromatic carbocycles. The third kappa shape index (κ3) is 5.02. The molecule has 1 rings (SSSR count). The second-order valence-corrected chi connectivity index (χ2v) is 3.01. The normalized spacial score (nSPS) is 9.67. The maximum atomic E-state index is 11.1. The average molecular weight is 209 g/mol. The Morgan fingerprint density at radius 1 is 1.33 bits per heavy atom. The molecule has 1 N–H and O–H groups in total. The number of hydroxylamine groups is 1. The zero-order valence-electron chi connectivity index (χ0n) is 8.73. The molecular formula is C11H15NO3. The molecule has 0 atom stereocenters. The van der Waals surface area contributed by atoms with Gasteiger partial charge >= 0.3 is 6.09 Å². The van der Waals surface area contributed by atoms with Crippen molar-refractivity contribution in [3.05, 3.63) is 30.3 Å². The third-order valence-electron chi connectivity index (χ3n) is 1.71. The van der Waals surface area contributed by atoms with Crippen LogP contribution in [0.4, 0.5) is 4.79 Å². The molecule has 4 nitrogen and oxygen atoms in total. The molecule has 4 heteroatoms. The van der Waals surface area contributed by atoms with Crippen molar-refractivity contribution >= 4 is 6.09 Å². The second kappa shape index (κ2) is 6.84. The summed E-state index contributed by atoms with van der Waals surface area (Å²) < 4.78 is 4.92. The van der Waals surface area contributed by atoms with E-state index in [1.807, 2.05) is 13.0 Å². The first-order valence-corrected chi connectivity index (χ1v) is 4.97. The fourth-order valence-electron chi connectivity index (χ4n) is 0.943. The zero-order valence-corrected chi connectivity index (χ0v) is 8.73. The van der Waals surface area contributed by atoms with Crippen molar-refractivity contribution in [2.75, 3.05) is 6.61 Å². The van der Waals surface area contributed by atoms with E-state index in [2.05, 4.69) is 5.48 Å². The van der Waals surface area contributed by atoms with E-state index in [0.717, 1.165) is 12.8 Å². The van der Waals surface area contributed by atoms with Gasteiger partial charge in [0.25, 0.3) is 0 Å². The minimum absolute atomic E-state index is 0.495. The van der Waals surface area contributed by atoms with Crippen molar-refractivity contribution in [1.82, 2.24) is 5.48 Å². The Kier molecular flexibility index (Phi) is 5.25. The molecular weight excluding hydrogens is 194 g/mol. The predicted molar refractivity (Wildman–Crippen MR) is 56.5 cm³/mol. The number of rotatable bonds is 5. The molecule has 0 saturated heterocycles. The van der Waals surface area contributed by atoms with Gasteiger partial charge in [-0.1, -0.05) is 31.5 Å². The first-order chi connectivity index (χ1) is 7.33. The molecule has 1 aromatic rings. The lowest BCUT2D eigenvalue weighted by atomic mass is 10.3. The lowest BCUT2D eigenvalue weighted by Gasteiger charge is -2.05. The lowest BCUT2D eigenvalue weighted by Crippen LogP contribution is -2.27. The summed E-state index contributed by atoms with van der Waals surface area (Å²) >= 11 is 0. The second-order valence-electron chi connectivity index (χ2n) is 3.01. The SMILES string of the molecule is CCCCONC(=O)Oc1ccccc1. The number of ether oxygens (including phenoxy) is 1. The summed E-state index contributed by atoms with van der Waals surface area (Å²) in [5.74, 6) is 0.495. The van der Waals surface area contributed by atoms with Crippen LogP contribution in [0.3, 0.4) is 0 Å². The fraction of sp³-hybridized carbons (Fsp3) is 0.364. The summed E-state index contributed by atoms with van der Waals surface area (Å²) in [4.78, 5) is 16.0. The number of nitrogens with one attached hydrogen (secondary N) is 1. The van der Waals surface area contributed by atoms with Crippen LogP contribution in [0.2, 0.25) is 0 Å². The molecule has 0 radical (unpaired) electrons. The average Bonchev–Trinajstić information content (AvgIpc) is 2.26. The lowest BCUT2D eigenvalue weighted by molar-refractivity contribution is 0.0438. The Labute approximate surface area is 89.1 Å². The van der Waals surface area contributed by atoms with Gasteiger partial charge in [-0.15, -0.1) is 0 Å². The van der Waals surface area contributed by atoms with E-state index in [9.17, 15) is 4.79 Å². The molecule has 82 valence electrons. The Morgan fingerprint density at radius 2 is 2.07 bits per heavy atom. The standard InChI is InChI=1S/C11H15NO3/c1-2-3-9-14-12-11(13)15-10-7-5-4-6-8-10/h4-8H,2-3,9H2,1H3,(H,12,13). The monoisotopic (exact) mass is 209 g/mol. The van der Waals surface area contributed by atoms with Crippen molar-refractivity contribution in [2.24, 2.45) is 0 Å². The van der Waals surface area contributed by atoms with Gasteiger partial charge in [-0.2, -0.15) is 5.48 Å². The number of para-hydroxylation sites is 1. The number of carbonyl (C=O) groups excluding carboxylic acids is 1. The van der Waals surface area contributed by atoms with Crippen molar-refractivity contribution < 1.29 is 14.4 Å². The quantitative estimate of drug-likeness (QED) is 0.598. The molecule has 0 aliphatic rings. The van der Waals surface area contributed by atoms with Gasteiger partial charge in [0.05, 0.1) is 6.61 Å². The van der Waals surface area contributed by atoms with Gasteiger partial charge in [-0.3, -0.25) is 4.84 Å². The molecule has 0 aromatic heterocycles. The van der Waals surface area contributed by atoms with Gasteiger partial charge < -0.3 is 4.74 Å². The Morgan fingerprint density at radius 3 is 2.73 bits per heavy atom. The van der Waals surface area contributed by atoms with Crippen LogP contribution < -0.4 is 10.2 Å². The highest BCUT2D eigenvalue weighted by Crippen LogP contribution is 2.07. The minimum atomic E-state index is -0.600. The molecule has 0 aliphatic carbocycles. The van der Waals surface area contributed by atoms with Crippen molar-refractivity contribution in [1.29, 1.82) is 0 Å². The molecule has 0 aliphatic heterocycles. The van der Waals surface area contributed by atoms with Crippen molar-refractivity contribution in [3.8, 4) is 5.75 Å². The van der Waals surface area contributed by atoms with Crippen LogP contribution in [-0.4, -0.2) is 12.7 Å². The van der Waals surface area contributed by atoms with E-state index < -0.39 is 6.09 Å². The van der Waals surface area contributed by atoms with Gasteiger partial charge in [0.2, 0.25) is 0 Å². The van der Waals surface area contributed by atoms with Crippen LogP contribution in [0.15, 0.2) is 30.3 Å². The summed E-state index contributed by atoms with van der Waals surface area (Å²) in [7, 11) is 0. The predicted octanol–water partition coefficient (Wildman–Crippen LogP) is 2.51. The molecule has 15 heavy (non-hydrogen) atoms. The first kappa shape index (κ1) is 11.5. The summed E-state index contributed by atoms with van der Waals surface area (Å²) in [5, 5.41) is 0. The molecule has 0 spiro atoms. The molecule has 0 saturated carbocycles. The van der Waals surface area contributed by atoms with Gasteiger partial charge in [-0.05, 0) is 18.6 Å². The molecule has 0 unspecified atom stereocenters. The Hall–Kier alpha value is -1.55. The highest BCUT2D eigenvalue weighted by atomic mass is 16.7. The summed E-state index contributed by atoms with van der Waals surface area (Å²) in [6.45, 7) is 2.55. The minimum Gasteiger partial charge on any atom is -0.409 e. The van der Waals surface area contributed by atoms with Crippen LogP contribution in [-0.2, 0) is 4.84 Å². The number of carbonyl (C=O) groups is 1. The van der Waals surface area contributed by atoms with Crippen LogP contribution in [0.25, 0.3) is 0 Å². The first-order valence-electron chi connectivity index (χ1n) is 4.97. The summed E-state index contributed by atoms with van der Waals surface area (Å²) in [5.41, 5.74) is 2.20. The molecule has 1 amide bonds. The van der Waals surface area contributed by atoms with Gasteiger partial charge in [0, 0.05) is 0 Å². The van der Waals surface area contributed by atoms with Crippen molar-refractivity contribution in [3.63, 3.8) is 0 Å². The number of hydrogen-bond donors (Lipinski definition) is 1. The summed E-state index contributed by atoms with van der Waals surface area (Å²) in [6, 6.07) is 8.83. The third-order valence-corrected chi connectivity index (χ3v) is 1.71. The van der Waals surface area contributed by atoms with E-state index in [4.69, 9.17) is 9.57 Å². The highest BCUT2D eigenvalue weighted by molar-refractivity contribution is 5.68. The zero-order chi connectivity index (χ0) is 10.9. The van der Waals surface area contributed by atoms with E-state index in [-0.39, 0.29) is 0 Å². The topological polar surface area (TPSA) is 47.6 Å². The number of amides is 1. The van der Waals surface area contributed by atoms with E-state index in [1.54, 1.807) is 24.3 Å². The van der Waals surface area contributed by atoms with E-state index in [0.29, 0.717) is 12.4 Å². The van der Waals surface area contributed by atoms with Crippen molar-refractivity contribution in [2.45, 2.75) is 19.8 Å². The fourth-order valence-corrected chi connectivity index (χ4v) is 0.943. The van der Waals surface area contributed by atoms with Crippen LogP contribution in [0.1, 0.15) is 19.8 Å². The van der Waals surface area contributed by atoms with E-state index in [1.165, 1.54) is 0 Å². The van der Waals surface area contributed by atoms with Crippen LogP contribution in [0, 0.1) is 0 Å². The Bertz CT molecular complexity index is 287. The maximum absolute atomic E-state index is 11.1. The van der Waals surface area contributed by atoms with Crippen LogP contribution >= 0.6 is 0 Å².